The van der Waals surface area contributed by atoms with Crippen LogP contribution in [-0.4, -0.2) is 83.5 Å². The number of hydrogen-bond acceptors (Lipinski definition) is 5. The first-order valence-electron chi connectivity index (χ1n) is 9.97. The molecule has 0 aromatic heterocycles. The van der Waals surface area contributed by atoms with Crippen LogP contribution in [0, 0.1) is 18.8 Å². The fraction of sp³-hybridized carbons (Fsp3) is 0.524. The van der Waals surface area contributed by atoms with Gasteiger partial charge in [-0.2, -0.15) is 0 Å². The number of cyclic esters (lactones) is 1. The van der Waals surface area contributed by atoms with E-state index in [1.807, 2.05) is 21.9 Å². The largest absolute Gasteiger partial charge is 0.483 e. The van der Waals surface area contributed by atoms with E-state index >= 15 is 0 Å². The summed E-state index contributed by atoms with van der Waals surface area (Å²) in [6.07, 6.45) is -0.414. The fourth-order valence-electron chi connectivity index (χ4n) is 4.72. The summed E-state index contributed by atoms with van der Waals surface area (Å²) in [5, 5.41) is 6.89. The van der Waals surface area contributed by atoms with Crippen molar-refractivity contribution < 1.29 is 29.0 Å². The summed E-state index contributed by atoms with van der Waals surface area (Å²) < 4.78 is 4.90. The number of aryl methyl sites for hydroxylation is 1. The standard InChI is InChI=1S/C20H25N3O4.CH2O2/c1-13-5-3-4-6-16(13)19-17-11-22(9-15(17)10-23(19)14(2)24)18(25)12-21-7-8-27-20(21)26;2-1-3/h3-6,15,17,19H,7-12H2,1-2H3;1H,(H,2,3)/t15-,17-,19+;/m1./s1. The maximum Gasteiger partial charge on any atom is 0.410 e. The van der Waals surface area contributed by atoms with E-state index in [4.69, 9.17) is 14.6 Å². The minimum atomic E-state index is -0.414. The predicted octanol–water partition coefficient (Wildman–Crippen LogP) is 1.13. The molecule has 0 bridgehead atoms. The van der Waals surface area contributed by atoms with Crippen LogP contribution >= 0.6 is 0 Å². The van der Waals surface area contributed by atoms with E-state index in [0.717, 1.165) is 5.56 Å². The second-order valence-electron chi connectivity index (χ2n) is 7.84. The number of carboxylic acid groups (broad SMARTS) is 1. The van der Waals surface area contributed by atoms with Gasteiger partial charge >= 0.3 is 6.09 Å². The smallest absolute Gasteiger partial charge is 0.410 e. The molecule has 3 aliphatic heterocycles. The Balaban J connectivity index is 0.000000806. The van der Waals surface area contributed by atoms with Crippen LogP contribution in [0.2, 0.25) is 0 Å². The van der Waals surface area contributed by atoms with E-state index in [-0.39, 0.29) is 42.7 Å². The Bertz CT molecular complexity index is 829. The second kappa shape index (κ2) is 9.15. The summed E-state index contributed by atoms with van der Waals surface area (Å²) in [5.74, 6) is 0.536. The van der Waals surface area contributed by atoms with Gasteiger partial charge in [0.05, 0.1) is 12.6 Å². The molecule has 4 rings (SSSR count). The third kappa shape index (κ3) is 4.24. The number of benzene rings is 1. The Labute approximate surface area is 175 Å². The van der Waals surface area contributed by atoms with Crippen molar-refractivity contribution in [1.82, 2.24) is 14.7 Å². The molecule has 3 atom stereocenters. The van der Waals surface area contributed by atoms with Crippen LogP contribution in [0.4, 0.5) is 4.79 Å². The predicted molar refractivity (Wildman–Crippen MR) is 106 cm³/mol. The molecule has 3 amide bonds. The number of fused-ring (bicyclic) bond motifs is 1. The van der Waals surface area contributed by atoms with Gasteiger partial charge in [-0.1, -0.05) is 24.3 Å². The van der Waals surface area contributed by atoms with Crippen LogP contribution in [0.3, 0.4) is 0 Å². The fourth-order valence-corrected chi connectivity index (χ4v) is 4.72. The molecule has 30 heavy (non-hydrogen) atoms. The van der Waals surface area contributed by atoms with Crippen molar-refractivity contribution in [3.8, 4) is 0 Å². The number of hydrogen-bond donors (Lipinski definition) is 1. The minimum absolute atomic E-state index is 0.00301. The van der Waals surface area contributed by atoms with Gasteiger partial charge in [0.2, 0.25) is 11.8 Å². The van der Waals surface area contributed by atoms with Crippen molar-refractivity contribution in [3.63, 3.8) is 0 Å². The van der Waals surface area contributed by atoms with Crippen molar-refractivity contribution in [2.24, 2.45) is 11.8 Å². The quantitative estimate of drug-likeness (QED) is 0.739. The molecule has 0 spiro atoms. The van der Waals surface area contributed by atoms with Crippen molar-refractivity contribution in [2.45, 2.75) is 19.9 Å². The molecule has 3 aliphatic rings. The third-order valence-electron chi connectivity index (χ3n) is 6.10. The normalized spacial score (nSPS) is 24.8. The molecule has 1 aromatic carbocycles. The average Bonchev–Trinajstić information content (AvgIpc) is 3.38. The Kier molecular flexibility index (Phi) is 6.59. The summed E-state index contributed by atoms with van der Waals surface area (Å²) in [4.78, 5) is 50.2. The number of rotatable bonds is 3. The second-order valence-corrected chi connectivity index (χ2v) is 7.84. The maximum absolute atomic E-state index is 12.7. The minimum Gasteiger partial charge on any atom is -0.483 e. The van der Waals surface area contributed by atoms with E-state index in [2.05, 4.69) is 19.1 Å². The highest BCUT2D eigenvalue weighted by atomic mass is 16.6. The Hall–Kier alpha value is -3.10. The molecule has 9 nitrogen and oxygen atoms in total. The van der Waals surface area contributed by atoms with Crippen molar-refractivity contribution in [1.29, 1.82) is 0 Å². The summed E-state index contributed by atoms with van der Waals surface area (Å²) >= 11 is 0. The highest BCUT2D eigenvalue weighted by Crippen LogP contribution is 2.45. The van der Waals surface area contributed by atoms with Crippen LogP contribution in [0.25, 0.3) is 0 Å². The van der Waals surface area contributed by atoms with Gasteiger partial charge in [0.15, 0.2) is 0 Å². The number of nitrogens with zero attached hydrogens (tertiary/aromatic N) is 3. The molecular formula is C21H27N3O6. The summed E-state index contributed by atoms with van der Waals surface area (Å²) in [6.45, 7) is 6.26. The van der Waals surface area contributed by atoms with Crippen LogP contribution in [0.1, 0.15) is 24.1 Å². The Morgan fingerprint density at radius 3 is 2.53 bits per heavy atom. The molecule has 9 heteroatoms. The van der Waals surface area contributed by atoms with Crippen molar-refractivity contribution >= 4 is 24.4 Å². The molecule has 1 aromatic rings. The van der Waals surface area contributed by atoms with Crippen LogP contribution in [-0.2, 0) is 19.1 Å². The molecular weight excluding hydrogens is 390 g/mol. The molecule has 0 radical (unpaired) electrons. The zero-order chi connectivity index (χ0) is 21.8. The Morgan fingerprint density at radius 1 is 1.23 bits per heavy atom. The zero-order valence-corrected chi connectivity index (χ0v) is 17.2. The molecule has 1 N–H and O–H groups in total. The topological polar surface area (TPSA) is 107 Å². The highest BCUT2D eigenvalue weighted by molar-refractivity contribution is 5.83. The van der Waals surface area contributed by atoms with E-state index in [1.165, 1.54) is 10.5 Å². The summed E-state index contributed by atoms with van der Waals surface area (Å²) in [5.41, 5.74) is 2.33. The van der Waals surface area contributed by atoms with Gasteiger partial charge in [-0.3, -0.25) is 19.3 Å². The lowest BCUT2D eigenvalue weighted by atomic mass is 9.87. The van der Waals surface area contributed by atoms with Crippen molar-refractivity contribution in [2.75, 3.05) is 39.3 Å². The molecule has 3 saturated heterocycles. The molecule has 0 unspecified atom stereocenters. The first-order valence-corrected chi connectivity index (χ1v) is 9.97. The van der Waals surface area contributed by atoms with Gasteiger partial charge in [0.25, 0.3) is 6.47 Å². The summed E-state index contributed by atoms with van der Waals surface area (Å²) in [6, 6.07) is 8.16. The molecule has 3 fully saturated rings. The molecule has 3 heterocycles. The molecule has 162 valence electrons. The van der Waals surface area contributed by atoms with Gasteiger partial charge in [-0.05, 0) is 18.1 Å². The zero-order valence-electron chi connectivity index (χ0n) is 17.2. The first-order chi connectivity index (χ1) is 14.4. The lowest BCUT2D eigenvalue weighted by molar-refractivity contribution is -0.132. The van der Waals surface area contributed by atoms with Gasteiger partial charge in [0, 0.05) is 38.4 Å². The maximum atomic E-state index is 12.7. The molecule has 0 saturated carbocycles. The molecule has 0 aliphatic carbocycles. The van der Waals surface area contributed by atoms with Gasteiger partial charge in [0.1, 0.15) is 13.2 Å². The summed E-state index contributed by atoms with van der Waals surface area (Å²) in [7, 11) is 0. The average molecular weight is 417 g/mol. The number of ether oxygens (including phenoxy) is 1. The van der Waals surface area contributed by atoms with Crippen LogP contribution < -0.4 is 0 Å². The van der Waals surface area contributed by atoms with E-state index in [1.54, 1.807) is 6.92 Å². The number of amides is 3. The highest BCUT2D eigenvalue weighted by Gasteiger charge is 2.49. The van der Waals surface area contributed by atoms with Crippen LogP contribution in [0.5, 0.6) is 0 Å². The Morgan fingerprint density at radius 2 is 1.93 bits per heavy atom. The van der Waals surface area contributed by atoms with Gasteiger partial charge in [-0.15, -0.1) is 0 Å². The number of carbonyl (C=O) groups is 4. The SMILES string of the molecule is CC(=O)N1C[C@H]2CN(C(=O)CN3CCOC3=O)C[C@H]2[C@@H]1c1ccccc1C.O=CO. The lowest BCUT2D eigenvalue weighted by Gasteiger charge is -2.30. The van der Waals surface area contributed by atoms with E-state index in [0.29, 0.717) is 32.8 Å². The number of carbonyl (C=O) groups excluding carboxylic acids is 3. The van der Waals surface area contributed by atoms with E-state index in [9.17, 15) is 14.4 Å². The van der Waals surface area contributed by atoms with Crippen LogP contribution in [0.15, 0.2) is 24.3 Å². The van der Waals surface area contributed by atoms with E-state index < -0.39 is 6.09 Å². The van der Waals surface area contributed by atoms with Crippen molar-refractivity contribution in [3.05, 3.63) is 35.4 Å². The third-order valence-corrected chi connectivity index (χ3v) is 6.10. The van der Waals surface area contributed by atoms with Gasteiger partial charge in [-0.25, -0.2) is 4.79 Å². The first kappa shape index (κ1) is 21.6. The monoisotopic (exact) mass is 417 g/mol. The van der Waals surface area contributed by atoms with Gasteiger partial charge < -0.3 is 19.6 Å². The lowest BCUT2D eigenvalue weighted by Crippen LogP contribution is -2.42. The number of likely N-dealkylation sites (tertiary alicyclic amines) is 2.